The largest absolute Gasteiger partial charge is 0.276 e. The van der Waals surface area contributed by atoms with Gasteiger partial charge in [-0.15, -0.1) is 0 Å². The number of anilines is 1. The zero-order valence-corrected chi connectivity index (χ0v) is 14.1. The molecule has 0 bridgehead atoms. The fourth-order valence-corrected chi connectivity index (χ4v) is 3.23. The van der Waals surface area contributed by atoms with Crippen LogP contribution in [0.15, 0.2) is 78.9 Å². The molecule has 2 nitrogen and oxygen atoms in total. The summed E-state index contributed by atoms with van der Waals surface area (Å²) in [7, 11) is 0. The fraction of sp³-hybridized carbons (Fsp3) is 0.0870. The first-order chi connectivity index (χ1) is 12.3. The molecule has 1 amide bonds. The Hall–Kier alpha value is -3.13. The molecule has 0 fully saturated rings. The maximum Gasteiger partial charge on any atom is 0.263 e. The quantitative estimate of drug-likeness (QED) is 0.631. The van der Waals surface area contributed by atoms with Gasteiger partial charge in [0.15, 0.2) is 0 Å². The van der Waals surface area contributed by atoms with Crippen molar-refractivity contribution in [2.45, 2.75) is 13.3 Å². The van der Waals surface area contributed by atoms with Crippen molar-refractivity contribution in [2.24, 2.45) is 0 Å². The minimum Gasteiger partial charge on any atom is -0.276 e. The lowest BCUT2D eigenvalue weighted by Gasteiger charge is -2.19. The minimum atomic E-state index is 0.0297. The summed E-state index contributed by atoms with van der Waals surface area (Å²) in [5.41, 5.74) is 5.91. The van der Waals surface area contributed by atoms with E-state index < -0.39 is 0 Å². The maximum absolute atomic E-state index is 13.0. The lowest BCUT2D eigenvalue weighted by atomic mass is 10.1. The van der Waals surface area contributed by atoms with Gasteiger partial charge in [0.25, 0.3) is 5.91 Å². The van der Waals surface area contributed by atoms with Crippen LogP contribution >= 0.6 is 0 Å². The second-order valence-corrected chi connectivity index (χ2v) is 6.15. The molecule has 4 rings (SSSR count). The van der Waals surface area contributed by atoms with Gasteiger partial charge in [-0.3, -0.25) is 9.69 Å². The molecule has 0 saturated carbocycles. The second-order valence-electron chi connectivity index (χ2n) is 6.15. The zero-order chi connectivity index (χ0) is 17.2. The minimum absolute atomic E-state index is 0.0297. The molecule has 1 heterocycles. The van der Waals surface area contributed by atoms with Gasteiger partial charge in [0.1, 0.15) is 0 Å². The third-order valence-electron chi connectivity index (χ3n) is 4.58. The summed E-state index contributed by atoms with van der Waals surface area (Å²) in [5, 5.41) is 0. The summed E-state index contributed by atoms with van der Waals surface area (Å²) >= 11 is 0. The van der Waals surface area contributed by atoms with Crippen LogP contribution in [-0.4, -0.2) is 5.91 Å². The Bertz CT molecular complexity index is 939. The van der Waals surface area contributed by atoms with E-state index in [0.717, 1.165) is 34.5 Å². The number of carbonyl (C=O) groups excluding carboxylic acids is 1. The third-order valence-corrected chi connectivity index (χ3v) is 4.58. The Labute approximate surface area is 148 Å². The number of hydrogen-bond donors (Lipinski definition) is 0. The normalized spacial score (nSPS) is 14.8. The number of aryl methyl sites for hydroxylation is 1. The van der Waals surface area contributed by atoms with E-state index in [4.69, 9.17) is 0 Å². The Morgan fingerprint density at radius 2 is 1.44 bits per heavy atom. The van der Waals surface area contributed by atoms with Gasteiger partial charge in [-0.05, 0) is 41.8 Å². The Morgan fingerprint density at radius 3 is 2.12 bits per heavy atom. The van der Waals surface area contributed by atoms with Crippen molar-refractivity contribution in [3.05, 3.63) is 101 Å². The summed E-state index contributed by atoms with van der Waals surface area (Å²) in [4.78, 5) is 14.9. The molecule has 0 spiro atoms. The number of rotatable bonds is 3. The molecule has 0 aliphatic carbocycles. The van der Waals surface area contributed by atoms with E-state index >= 15 is 0 Å². The smallest absolute Gasteiger partial charge is 0.263 e. The molecular formula is C23H19NO. The summed E-state index contributed by atoms with van der Waals surface area (Å²) < 4.78 is 0. The summed E-state index contributed by atoms with van der Waals surface area (Å²) in [6, 6.07) is 26.2. The first-order valence-electron chi connectivity index (χ1n) is 8.57. The average Bonchev–Trinajstić information content (AvgIpc) is 2.95. The zero-order valence-electron chi connectivity index (χ0n) is 14.1. The molecule has 3 aromatic rings. The van der Waals surface area contributed by atoms with Crippen LogP contribution in [0.5, 0.6) is 0 Å². The van der Waals surface area contributed by atoms with Crippen molar-refractivity contribution in [1.29, 1.82) is 0 Å². The molecular weight excluding hydrogens is 306 g/mol. The van der Waals surface area contributed by atoms with Crippen LogP contribution in [0, 0.1) is 0 Å². The number of nitrogens with zero attached hydrogens (tertiary/aromatic N) is 1. The van der Waals surface area contributed by atoms with E-state index in [9.17, 15) is 4.79 Å². The number of carbonyl (C=O) groups is 1. The molecule has 0 atom stereocenters. The van der Waals surface area contributed by atoms with Crippen molar-refractivity contribution in [3.63, 3.8) is 0 Å². The van der Waals surface area contributed by atoms with Gasteiger partial charge >= 0.3 is 0 Å². The van der Waals surface area contributed by atoms with E-state index in [0.29, 0.717) is 0 Å². The number of benzene rings is 3. The highest BCUT2D eigenvalue weighted by molar-refractivity contribution is 6.24. The average molecular weight is 325 g/mol. The monoisotopic (exact) mass is 325 g/mol. The molecule has 1 aliphatic rings. The molecule has 0 saturated heterocycles. The fourth-order valence-electron chi connectivity index (χ4n) is 3.23. The van der Waals surface area contributed by atoms with Crippen LogP contribution in [0.4, 0.5) is 5.69 Å². The number of hydrogen-bond acceptors (Lipinski definition) is 1. The highest BCUT2D eigenvalue weighted by Crippen LogP contribution is 2.37. The molecule has 0 N–H and O–H groups in total. The molecule has 122 valence electrons. The summed E-state index contributed by atoms with van der Waals surface area (Å²) in [5.74, 6) is 0.0297. The lowest BCUT2D eigenvalue weighted by Crippen LogP contribution is -2.22. The highest BCUT2D eigenvalue weighted by atomic mass is 16.2. The van der Waals surface area contributed by atoms with Crippen LogP contribution in [0.1, 0.15) is 34.0 Å². The molecule has 0 unspecified atom stereocenters. The number of amides is 1. The van der Waals surface area contributed by atoms with E-state index in [1.807, 2.05) is 59.5 Å². The Kier molecular flexibility index (Phi) is 3.95. The van der Waals surface area contributed by atoms with Crippen molar-refractivity contribution in [1.82, 2.24) is 0 Å². The van der Waals surface area contributed by atoms with Crippen molar-refractivity contribution < 1.29 is 4.79 Å². The van der Waals surface area contributed by atoms with Gasteiger partial charge in [0.2, 0.25) is 0 Å². The second kappa shape index (κ2) is 6.40. The van der Waals surface area contributed by atoms with Crippen molar-refractivity contribution >= 4 is 23.4 Å². The Morgan fingerprint density at radius 1 is 0.800 bits per heavy atom. The molecule has 1 aliphatic heterocycles. The standard InChI is InChI=1S/C23H19NO/c1-2-17-12-14-19(15-13-17)24-22(16-18-8-4-3-5-9-18)20-10-6-7-11-21(20)23(24)25/h3-16H,2H2,1H3. The molecule has 3 aromatic carbocycles. The van der Waals surface area contributed by atoms with E-state index in [1.165, 1.54) is 5.56 Å². The topological polar surface area (TPSA) is 20.3 Å². The third kappa shape index (κ3) is 2.76. The first-order valence-corrected chi connectivity index (χ1v) is 8.57. The van der Waals surface area contributed by atoms with Gasteiger partial charge in [0, 0.05) is 16.8 Å². The lowest BCUT2D eigenvalue weighted by molar-refractivity contribution is 0.101. The van der Waals surface area contributed by atoms with Gasteiger partial charge in [-0.1, -0.05) is 67.6 Å². The van der Waals surface area contributed by atoms with Gasteiger partial charge in [0.05, 0.1) is 5.70 Å². The van der Waals surface area contributed by atoms with Crippen molar-refractivity contribution in [3.8, 4) is 0 Å². The van der Waals surface area contributed by atoms with Crippen LogP contribution in [-0.2, 0) is 6.42 Å². The molecule has 0 aromatic heterocycles. The first kappa shape index (κ1) is 15.4. The van der Waals surface area contributed by atoms with E-state index in [1.54, 1.807) is 0 Å². The Balaban J connectivity index is 1.86. The highest BCUT2D eigenvalue weighted by Gasteiger charge is 2.32. The molecule has 0 radical (unpaired) electrons. The summed E-state index contributed by atoms with van der Waals surface area (Å²) in [6.07, 6.45) is 3.07. The van der Waals surface area contributed by atoms with E-state index in [2.05, 4.69) is 37.3 Å². The molecule has 2 heteroatoms. The predicted octanol–water partition coefficient (Wildman–Crippen LogP) is 5.41. The van der Waals surface area contributed by atoms with Gasteiger partial charge in [-0.25, -0.2) is 0 Å². The van der Waals surface area contributed by atoms with Gasteiger partial charge in [-0.2, -0.15) is 0 Å². The maximum atomic E-state index is 13.0. The van der Waals surface area contributed by atoms with Crippen LogP contribution < -0.4 is 4.90 Å². The summed E-state index contributed by atoms with van der Waals surface area (Å²) in [6.45, 7) is 2.13. The van der Waals surface area contributed by atoms with Crippen LogP contribution in [0.2, 0.25) is 0 Å². The van der Waals surface area contributed by atoms with Crippen molar-refractivity contribution in [2.75, 3.05) is 4.90 Å². The predicted molar refractivity (Wildman–Crippen MR) is 103 cm³/mol. The van der Waals surface area contributed by atoms with Gasteiger partial charge < -0.3 is 0 Å². The molecule has 25 heavy (non-hydrogen) atoms. The SMILES string of the molecule is CCc1ccc(N2C(=O)c3ccccc3C2=Cc2ccccc2)cc1. The number of fused-ring (bicyclic) bond motifs is 1. The van der Waals surface area contributed by atoms with E-state index in [-0.39, 0.29) is 5.91 Å². The van der Waals surface area contributed by atoms with Crippen LogP contribution in [0.25, 0.3) is 11.8 Å². The van der Waals surface area contributed by atoms with Crippen LogP contribution in [0.3, 0.4) is 0 Å².